The molecule has 0 aromatic rings. The predicted molar refractivity (Wildman–Crippen MR) is 275 cm³/mol. The third kappa shape index (κ3) is 50.6. The molecule has 0 spiro atoms. The van der Waals surface area contributed by atoms with Crippen molar-refractivity contribution in [1.82, 2.24) is 0 Å². The molecular weight excluding hydrogens is 793 g/mol. The standard InChI is InChI=1S/C58H106O6/c1-4-7-10-13-16-19-22-24-25-26-27-28-29-30-31-32-33-34-37-39-42-45-48-51-57(60)63-54-55(53-62-56(59)50-47-44-41-38-35-21-18-15-12-9-6-3)64-58(61)52-49-46-43-40-36-23-20-17-14-11-8-5-2/h15,18,22,24,26-27,55H,4-14,16-17,19-21,23,25,28-54H2,1-3H3/b18-15-,24-22-,27-26-. The van der Waals surface area contributed by atoms with Crippen molar-refractivity contribution in [2.45, 2.75) is 303 Å². The Morgan fingerprint density at radius 2 is 0.578 bits per heavy atom. The van der Waals surface area contributed by atoms with Gasteiger partial charge >= 0.3 is 17.9 Å². The van der Waals surface area contributed by atoms with Gasteiger partial charge in [-0.1, -0.05) is 243 Å². The molecule has 0 rings (SSSR count). The number of carbonyl (C=O) groups is 3. The molecule has 0 fully saturated rings. The van der Waals surface area contributed by atoms with E-state index in [9.17, 15) is 14.4 Å². The van der Waals surface area contributed by atoms with Crippen molar-refractivity contribution in [1.29, 1.82) is 0 Å². The first-order valence-corrected chi connectivity index (χ1v) is 28.0. The van der Waals surface area contributed by atoms with Crippen LogP contribution in [0.5, 0.6) is 0 Å². The molecule has 6 heteroatoms. The zero-order chi connectivity index (χ0) is 46.5. The van der Waals surface area contributed by atoms with Crippen LogP contribution >= 0.6 is 0 Å². The fraction of sp³-hybridized carbons (Fsp3) is 0.845. The molecule has 0 saturated carbocycles. The Morgan fingerprint density at radius 1 is 0.312 bits per heavy atom. The molecule has 0 amide bonds. The molecule has 0 aromatic heterocycles. The summed E-state index contributed by atoms with van der Waals surface area (Å²) in [4.78, 5) is 38.0. The summed E-state index contributed by atoms with van der Waals surface area (Å²) >= 11 is 0. The number of esters is 3. The lowest BCUT2D eigenvalue weighted by Gasteiger charge is -2.18. The molecule has 64 heavy (non-hydrogen) atoms. The van der Waals surface area contributed by atoms with E-state index < -0.39 is 6.10 Å². The van der Waals surface area contributed by atoms with Crippen LogP contribution in [-0.4, -0.2) is 37.2 Å². The van der Waals surface area contributed by atoms with Crippen LogP contribution in [-0.2, 0) is 28.6 Å². The number of carbonyl (C=O) groups excluding carboxylic acids is 3. The molecular formula is C58H106O6. The summed E-state index contributed by atoms with van der Waals surface area (Å²) in [6, 6.07) is 0. The van der Waals surface area contributed by atoms with Gasteiger partial charge in [-0.05, 0) is 70.6 Å². The van der Waals surface area contributed by atoms with Gasteiger partial charge in [-0.3, -0.25) is 14.4 Å². The third-order valence-corrected chi connectivity index (χ3v) is 12.4. The van der Waals surface area contributed by atoms with Gasteiger partial charge in [0.15, 0.2) is 6.10 Å². The summed E-state index contributed by atoms with van der Waals surface area (Å²) in [6.45, 7) is 6.61. The first-order chi connectivity index (χ1) is 31.5. The average Bonchev–Trinajstić information content (AvgIpc) is 3.29. The van der Waals surface area contributed by atoms with E-state index in [1.807, 2.05) is 0 Å². The lowest BCUT2D eigenvalue weighted by Crippen LogP contribution is -2.30. The highest BCUT2D eigenvalue weighted by Gasteiger charge is 2.19. The fourth-order valence-electron chi connectivity index (χ4n) is 8.10. The summed E-state index contributed by atoms with van der Waals surface area (Å²) in [5.41, 5.74) is 0. The van der Waals surface area contributed by atoms with Gasteiger partial charge in [-0.2, -0.15) is 0 Å². The minimum absolute atomic E-state index is 0.0726. The molecule has 0 heterocycles. The Bertz CT molecular complexity index is 1080. The number of hydrogen-bond donors (Lipinski definition) is 0. The highest BCUT2D eigenvalue weighted by molar-refractivity contribution is 5.71. The minimum atomic E-state index is -0.771. The van der Waals surface area contributed by atoms with Gasteiger partial charge < -0.3 is 14.2 Å². The number of ether oxygens (including phenoxy) is 3. The maximum absolute atomic E-state index is 12.8. The van der Waals surface area contributed by atoms with Gasteiger partial charge in [-0.15, -0.1) is 0 Å². The monoisotopic (exact) mass is 899 g/mol. The lowest BCUT2D eigenvalue weighted by atomic mass is 10.0. The van der Waals surface area contributed by atoms with Crippen LogP contribution in [0.2, 0.25) is 0 Å². The Balaban J connectivity index is 4.22. The zero-order valence-electron chi connectivity index (χ0n) is 42.8. The lowest BCUT2D eigenvalue weighted by molar-refractivity contribution is -0.167. The van der Waals surface area contributed by atoms with Gasteiger partial charge in [0.25, 0.3) is 0 Å². The van der Waals surface area contributed by atoms with E-state index in [1.54, 1.807) is 0 Å². The predicted octanol–water partition coefficient (Wildman–Crippen LogP) is 18.5. The molecule has 0 N–H and O–H groups in total. The average molecular weight is 899 g/mol. The molecule has 0 radical (unpaired) electrons. The number of hydrogen-bond acceptors (Lipinski definition) is 6. The van der Waals surface area contributed by atoms with Crippen LogP contribution in [0.25, 0.3) is 0 Å². The molecule has 374 valence electrons. The molecule has 0 bridgehead atoms. The van der Waals surface area contributed by atoms with E-state index in [1.165, 1.54) is 186 Å². The topological polar surface area (TPSA) is 78.9 Å². The molecule has 1 atom stereocenters. The van der Waals surface area contributed by atoms with E-state index >= 15 is 0 Å². The summed E-state index contributed by atoms with van der Waals surface area (Å²) in [6.07, 6.45) is 62.8. The van der Waals surface area contributed by atoms with E-state index in [0.717, 1.165) is 70.6 Å². The molecule has 0 aliphatic heterocycles. The van der Waals surface area contributed by atoms with E-state index in [-0.39, 0.29) is 31.1 Å². The highest BCUT2D eigenvalue weighted by Crippen LogP contribution is 2.16. The number of rotatable bonds is 51. The van der Waals surface area contributed by atoms with Crippen molar-refractivity contribution in [2.75, 3.05) is 13.2 Å². The van der Waals surface area contributed by atoms with Crippen LogP contribution in [0.15, 0.2) is 36.5 Å². The third-order valence-electron chi connectivity index (χ3n) is 12.4. The van der Waals surface area contributed by atoms with Gasteiger partial charge in [-0.25, -0.2) is 0 Å². The Morgan fingerprint density at radius 3 is 0.922 bits per heavy atom. The van der Waals surface area contributed by atoms with Crippen molar-refractivity contribution >= 4 is 17.9 Å². The second kappa shape index (κ2) is 53.2. The minimum Gasteiger partial charge on any atom is -0.462 e. The second-order valence-electron chi connectivity index (χ2n) is 18.8. The molecule has 0 saturated heterocycles. The highest BCUT2D eigenvalue weighted by atomic mass is 16.6. The quantitative estimate of drug-likeness (QED) is 0.0262. The molecule has 1 unspecified atom stereocenters. The molecule has 0 aliphatic rings. The smallest absolute Gasteiger partial charge is 0.306 e. The first kappa shape index (κ1) is 61.6. The van der Waals surface area contributed by atoms with E-state index in [4.69, 9.17) is 14.2 Å². The fourth-order valence-corrected chi connectivity index (χ4v) is 8.10. The number of allylic oxidation sites excluding steroid dienone is 6. The van der Waals surface area contributed by atoms with Crippen molar-refractivity contribution in [3.8, 4) is 0 Å². The van der Waals surface area contributed by atoms with Gasteiger partial charge in [0, 0.05) is 19.3 Å². The van der Waals surface area contributed by atoms with Crippen LogP contribution < -0.4 is 0 Å². The second-order valence-corrected chi connectivity index (χ2v) is 18.8. The number of unbranched alkanes of at least 4 members (excludes halogenated alkanes) is 34. The van der Waals surface area contributed by atoms with Gasteiger partial charge in [0.2, 0.25) is 0 Å². The van der Waals surface area contributed by atoms with E-state index in [2.05, 4.69) is 57.2 Å². The van der Waals surface area contributed by atoms with Crippen LogP contribution in [0.4, 0.5) is 0 Å². The molecule has 6 nitrogen and oxygen atoms in total. The van der Waals surface area contributed by atoms with Crippen LogP contribution in [0.3, 0.4) is 0 Å². The van der Waals surface area contributed by atoms with Crippen molar-refractivity contribution in [3.05, 3.63) is 36.5 Å². The Kier molecular flexibility index (Phi) is 51.3. The van der Waals surface area contributed by atoms with Crippen molar-refractivity contribution in [3.63, 3.8) is 0 Å². The first-order valence-electron chi connectivity index (χ1n) is 28.0. The van der Waals surface area contributed by atoms with Crippen molar-refractivity contribution in [2.24, 2.45) is 0 Å². The normalized spacial score (nSPS) is 12.2. The largest absolute Gasteiger partial charge is 0.462 e. The van der Waals surface area contributed by atoms with Crippen LogP contribution in [0, 0.1) is 0 Å². The maximum Gasteiger partial charge on any atom is 0.306 e. The van der Waals surface area contributed by atoms with Crippen LogP contribution in [0.1, 0.15) is 297 Å². The maximum atomic E-state index is 12.8. The Labute approximate surface area is 397 Å². The van der Waals surface area contributed by atoms with Gasteiger partial charge in [0.05, 0.1) is 0 Å². The molecule has 0 aromatic carbocycles. The SMILES string of the molecule is CCCC/C=C\CCCCCCCC(=O)OCC(COC(=O)CCCCCCCCCCCCC/C=C\C/C=C\CCCCCCC)OC(=O)CCCCCCCCCCCCCC. The van der Waals surface area contributed by atoms with Crippen molar-refractivity contribution < 1.29 is 28.6 Å². The zero-order valence-corrected chi connectivity index (χ0v) is 42.8. The summed E-state index contributed by atoms with van der Waals surface area (Å²) in [5, 5.41) is 0. The van der Waals surface area contributed by atoms with Gasteiger partial charge in [0.1, 0.15) is 13.2 Å². The summed E-state index contributed by atoms with van der Waals surface area (Å²) < 4.78 is 16.8. The Hall–Kier alpha value is -2.37. The summed E-state index contributed by atoms with van der Waals surface area (Å²) in [5.74, 6) is -0.872. The summed E-state index contributed by atoms with van der Waals surface area (Å²) in [7, 11) is 0. The molecule has 0 aliphatic carbocycles. The van der Waals surface area contributed by atoms with E-state index in [0.29, 0.717) is 19.3 Å².